The first kappa shape index (κ1) is 17.6. The largest absolute Gasteiger partial charge is 0.489 e. The van der Waals surface area contributed by atoms with Gasteiger partial charge in [0.15, 0.2) is 0 Å². The zero-order chi connectivity index (χ0) is 17.3. The fourth-order valence-electron chi connectivity index (χ4n) is 2.71. The van der Waals surface area contributed by atoms with Crippen LogP contribution >= 0.6 is 11.8 Å². The summed E-state index contributed by atoms with van der Waals surface area (Å²) in [7, 11) is 0. The Balaban J connectivity index is 1.52. The van der Waals surface area contributed by atoms with Crippen LogP contribution in [0.3, 0.4) is 0 Å². The number of carbonyl (C=O) groups excluding carboxylic acids is 1. The molecule has 4 heteroatoms. The highest BCUT2D eigenvalue weighted by molar-refractivity contribution is 7.99. The summed E-state index contributed by atoms with van der Waals surface area (Å²) >= 11 is 1.96. The molecule has 0 spiro atoms. The van der Waals surface area contributed by atoms with E-state index < -0.39 is 0 Å². The molecule has 1 heterocycles. The molecule has 0 saturated carbocycles. The van der Waals surface area contributed by atoms with Gasteiger partial charge in [0.1, 0.15) is 12.4 Å². The number of hydrogen-bond donors (Lipinski definition) is 1. The molecule has 2 aromatic carbocycles. The molecule has 1 N–H and O–H groups in total. The van der Waals surface area contributed by atoms with Crippen LogP contribution in [0.4, 0.5) is 0 Å². The third-order valence-electron chi connectivity index (χ3n) is 4.10. The van der Waals surface area contributed by atoms with Crippen molar-refractivity contribution in [3.8, 4) is 5.75 Å². The summed E-state index contributed by atoms with van der Waals surface area (Å²) in [6.07, 6.45) is 5.57. The number of amides is 1. The van der Waals surface area contributed by atoms with Crippen molar-refractivity contribution >= 4 is 23.7 Å². The Bertz CT molecular complexity index is 709. The highest BCUT2D eigenvalue weighted by Crippen LogP contribution is 2.18. The number of benzene rings is 2. The van der Waals surface area contributed by atoms with Gasteiger partial charge in [-0.1, -0.05) is 42.5 Å². The van der Waals surface area contributed by atoms with Crippen LogP contribution in [-0.4, -0.2) is 23.5 Å². The molecule has 0 atom stereocenters. The highest BCUT2D eigenvalue weighted by Gasteiger charge is 2.14. The lowest BCUT2D eigenvalue weighted by Crippen LogP contribution is -2.36. The molecule has 25 heavy (non-hydrogen) atoms. The van der Waals surface area contributed by atoms with Gasteiger partial charge in [0, 0.05) is 12.1 Å². The van der Waals surface area contributed by atoms with Gasteiger partial charge in [-0.2, -0.15) is 11.8 Å². The molecule has 1 aliphatic rings. The number of ether oxygens (including phenoxy) is 1. The van der Waals surface area contributed by atoms with Gasteiger partial charge in [0.25, 0.3) is 0 Å². The molecule has 0 bridgehead atoms. The minimum atomic E-state index is -0.0208. The Hall–Kier alpha value is -2.20. The maximum absolute atomic E-state index is 12.0. The van der Waals surface area contributed by atoms with E-state index in [9.17, 15) is 4.79 Å². The number of carbonyl (C=O) groups is 1. The minimum Gasteiger partial charge on any atom is -0.489 e. The van der Waals surface area contributed by atoms with Gasteiger partial charge in [-0.05, 0) is 53.7 Å². The standard InChI is InChI=1S/C21H23NO2S/c23-21(22-19-11-13-25-14-12-19)10-9-17-7-4-8-20(15-17)24-16-18-5-2-1-3-6-18/h1-10,15,19H,11-14,16H2,(H,22,23)/b10-9+. The first-order valence-corrected chi connectivity index (χ1v) is 9.78. The normalized spacial score (nSPS) is 15.2. The van der Waals surface area contributed by atoms with E-state index in [1.807, 2.05) is 72.4 Å². The summed E-state index contributed by atoms with van der Waals surface area (Å²) in [4.78, 5) is 12.0. The summed E-state index contributed by atoms with van der Waals surface area (Å²) in [5, 5.41) is 3.08. The number of rotatable bonds is 6. The monoisotopic (exact) mass is 353 g/mol. The summed E-state index contributed by atoms with van der Waals surface area (Å²) < 4.78 is 5.82. The molecule has 3 nitrogen and oxygen atoms in total. The quantitative estimate of drug-likeness (QED) is 0.787. The van der Waals surface area contributed by atoms with Gasteiger partial charge in [-0.3, -0.25) is 4.79 Å². The van der Waals surface area contributed by atoms with Crippen LogP contribution in [0.2, 0.25) is 0 Å². The van der Waals surface area contributed by atoms with Gasteiger partial charge >= 0.3 is 0 Å². The first-order chi connectivity index (χ1) is 12.3. The van der Waals surface area contributed by atoms with E-state index in [0.29, 0.717) is 12.6 Å². The number of thioether (sulfide) groups is 1. The molecule has 3 rings (SSSR count). The van der Waals surface area contributed by atoms with Crippen molar-refractivity contribution in [3.05, 3.63) is 71.8 Å². The summed E-state index contributed by atoms with van der Waals surface area (Å²) in [5.74, 6) is 3.05. The average molecular weight is 353 g/mol. The van der Waals surface area contributed by atoms with E-state index in [-0.39, 0.29) is 5.91 Å². The Morgan fingerprint density at radius 2 is 1.92 bits per heavy atom. The molecule has 0 unspecified atom stereocenters. The van der Waals surface area contributed by atoms with Crippen molar-refractivity contribution < 1.29 is 9.53 Å². The minimum absolute atomic E-state index is 0.0208. The molecule has 2 aromatic rings. The molecule has 0 aliphatic carbocycles. The summed E-state index contributed by atoms with van der Waals surface area (Å²) in [5.41, 5.74) is 2.09. The fourth-order valence-corrected chi connectivity index (χ4v) is 3.82. The van der Waals surface area contributed by atoms with E-state index in [0.717, 1.165) is 41.2 Å². The molecule has 1 amide bonds. The third kappa shape index (κ3) is 5.98. The Labute approximate surface area is 153 Å². The molecule has 1 aliphatic heterocycles. The average Bonchev–Trinajstić information content (AvgIpc) is 2.67. The lowest BCUT2D eigenvalue weighted by Gasteiger charge is -2.21. The van der Waals surface area contributed by atoms with Gasteiger partial charge in [0.2, 0.25) is 5.91 Å². The second-order valence-electron chi connectivity index (χ2n) is 6.08. The van der Waals surface area contributed by atoms with Crippen molar-refractivity contribution in [2.75, 3.05) is 11.5 Å². The van der Waals surface area contributed by atoms with Gasteiger partial charge in [0.05, 0.1) is 0 Å². The maximum Gasteiger partial charge on any atom is 0.244 e. The van der Waals surface area contributed by atoms with Crippen molar-refractivity contribution in [1.82, 2.24) is 5.32 Å². The smallest absolute Gasteiger partial charge is 0.244 e. The zero-order valence-corrected chi connectivity index (χ0v) is 15.0. The maximum atomic E-state index is 12.0. The van der Waals surface area contributed by atoms with Crippen LogP contribution in [0.25, 0.3) is 6.08 Å². The van der Waals surface area contributed by atoms with Crippen LogP contribution in [0.15, 0.2) is 60.7 Å². The highest BCUT2D eigenvalue weighted by atomic mass is 32.2. The first-order valence-electron chi connectivity index (χ1n) is 8.63. The van der Waals surface area contributed by atoms with Gasteiger partial charge in [-0.15, -0.1) is 0 Å². The summed E-state index contributed by atoms with van der Waals surface area (Å²) in [6, 6.07) is 18.2. The van der Waals surface area contributed by atoms with Crippen LogP contribution in [0, 0.1) is 0 Å². The van der Waals surface area contributed by atoms with Crippen molar-refractivity contribution in [2.45, 2.75) is 25.5 Å². The second kappa shape index (κ2) is 9.33. The second-order valence-corrected chi connectivity index (χ2v) is 7.30. The van der Waals surface area contributed by atoms with Crippen molar-refractivity contribution in [1.29, 1.82) is 0 Å². The molecule has 0 aromatic heterocycles. The van der Waals surface area contributed by atoms with Crippen LogP contribution in [-0.2, 0) is 11.4 Å². The molecule has 1 fully saturated rings. The number of nitrogens with one attached hydrogen (secondary N) is 1. The lowest BCUT2D eigenvalue weighted by molar-refractivity contribution is -0.117. The predicted octanol–water partition coefficient (Wildman–Crippen LogP) is 4.29. The van der Waals surface area contributed by atoms with E-state index in [2.05, 4.69) is 5.32 Å². The molecule has 1 saturated heterocycles. The van der Waals surface area contributed by atoms with E-state index in [1.54, 1.807) is 6.08 Å². The van der Waals surface area contributed by atoms with E-state index in [1.165, 1.54) is 0 Å². The molecule has 0 radical (unpaired) electrons. The van der Waals surface area contributed by atoms with E-state index >= 15 is 0 Å². The Kier molecular flexibility index (Phi) is 6.57. The van der Waals surface area contributed by atoms with Crippen molar-refractivity contribution in [3.63, 3.8) is 0 Å². The van der Waals surface area contributed by atoms with Gasteiger partial charge in [-0.25, -0.2) is 0 Å². The van der Waals surface area contributed by atoms with Crippen molar-refractivity contribution in [2.24, 2.45) is 0 Å². The van der Waals surface area contributed by atoms with Crippen LogP contribution < -0.4 is 10.1 Å². The Morgan fingerprint density at radius 1 is 1.12 bits per heavy atom. The molecular formula is C21H23NO2S. The Morgan fingerprint density at radius 3 is 2.72 bits per heavy atom. The summed E-state index contributed by atoms with van der Waals surface area (Å²) in [6.45, 7) is 0.536. The number of hydrogen-bond acceptors (Lipinski definition) is 3. The molecular weight excluding hydrogens is 330 g/mol. The third-order valence-corrected chi connectivity index (χ3v) is 5.15. The fraction of sp³-hybridized carbons (Fsp3) is 0.286. The van der Waals surface area contributed by atoms with Gasteiger partial charge < -0.3 is 10.1 Å². The van der Waals surface area contributed by atoms with E-state index in [4.69, 9.17) is 4.74 Å². The molecule has 130 valence electrons. The zero-order valence-electron chi connectivity index (χ0n) is 14.2. The lowest BCUT2D eigenvalue weighted by atomic mass is 10.1. The van der Waals surface area contributed by atoms with Crippen LogP contribution in [0.1, 0.15) is 24.0 Å². The predicted molar refractivity (Wildman–Crippen MR) is 105 cm³/mol. The van der Waals surface area contributed by atoms with Crippen LogP contribution in [0.5, 0.6) is 5.75 Å². The topological polar surface area (TPSA) is 38.3 Å². The SMILES string of the molecule is O=C(/C=C/c1cccc(OCc2ccccc2)c1)NC1CCSCC1.